The highest BCUT2D eigenvalue weighted by Gasteiger charge is 2.33. The molecule has 0 aromatic rings. The van der Waals surface area contributed by atoms with Crippen molar-refractivity contribution < 1.29 is 0 Å². The van der Waals surface area contributed by atoms with Crippen LogP contribution < -0.4 is 5.32 Å². The van der Waals surface area contributed by atoms with Gasteiger partial charge >= 0.3 is 0 Å². The first-order valence-electron chi connectivity index (χ1n) is 7.37. The van der Waals surface area contributed by atoms with E-state index in [1.165, 1.54) is 32.2 Å². The predicted molar refractivity (Wildman–Crippen MR) is 76.4 cm³/mol. The van der Waals surface area contributed by atoms with Crippen LogP contribution in [0.15, 0.2) is 0 Å². The zero-order chi connectivity index (χ0) is 12.9. The van der Waals surface area contributed by atoms with Crippen molar-refractivity contribution in [3.8, 4) is 0 Å². The Kier molecular flexibility index (Phi) is 5.94. The van der Waals surface area contributed by atoms with E-state index in [2.05, 4.69) is 45.0 Å². The Bertz CT molecular complexity index is 207. The smallest absolute Gasteiger partial charge is 0.0104 e. The summed E-state index contributed by atoms with van der Waals surface area (Å²) < 4.78 is 0. The third-order valence-electron chi connectivity index (χ3n) is 4.32. The van der Waals surface area contributed by atoms with Gasteiger partial charge < -0.3 is 10.2 Å². The highest BCUT2D eigenvalue weighted by Crippen LogP contribution is 2.37. The Labute approximate surface area is 108 Å². The van der Waals surface area contributed by atoms with Crippen molar-refractivity contribution in [2.24, 2.45) is 11.3 Å². The third-order valence-corrected chi connectivity index (χ3v) is 4.32. The first-order valence-corrected chi connectivity index (χ1v) is 7.37. The molecule has 2 atom stereocenters. The lowest BCUT2D eigenvalue weighted by Crippen LogP contribution is -2.46. The van der Waals surface area contributed by atoms with Gasteiger partial charge in [-0.2, -0.15) is 0 Å². The van der Waals surface area contributed by atoms with Gasteiger partial charge in [-0.15, -0.1) is 0 Å². The first-order chi connectivity index (χ1) is 7.95. The number of hydrogen-bond acceptors (Lipinski definition) is 2. The van der Waals surface area contributed by atoms with E-state index >= 15 is 0 Å². The lowest BCUT2D eigenvalue weighted by atomic mass is 9.69. The maximum atomic E-state index is 3.80. The highest BCUT2D eigenvalue weighted by atomic mass is 15.1. The van der Waals surface area contributed by atoms with Crippen LogP contribution in [0.4, 0.5) is 0 Å². The monoisotopic (exact) mass is 240 g/mol. The Balaban J connectivity index is 2.38. The SMILES string of the molecule is CCN(C)CCNC1CCCCC1C(C)(C)C. The van der Waals surface area contributed by atoms with Crippen molar-refractivity contribution in [3.05, 3.63) is 0 Å². The fourth-order valence-corrected chi connectivity index (χ4v) is 3.01. The van der Waals surface area contributed by atoms with E-state index in [0.717, 1.165) is 25.0 Å². The minimum Gasteiger partial charge on any atom is -0.312 e. The maximum absolute atomic E-state index is 3.80. The van der Waals surface area contributed by atoms with E-state index in [1.807, 2.05) is 0 Å². The topological polar surface area (TPSA) is 15.3 Å². The molecule has 2 nitrogen and oxygen atoms in total. The lowest BCUT2D eigenvalue weighted by molar-refractivity contribution is 0.129. The summed E-state index contributed by atoms with van der Waals surface area (Å²) in [6, 6.07) is 0.744. The van der Waals surface area contributed by atoms with Gasteiger partial charge in [-0.05, 0) is 37.8 Å². The number of nitrogens with zero attached hydrogens (tertiary/aromatic N) is 1. The van der Waals surface area contributed by atoms with Crippen molar-refractivity contribution in [2.75, 3.05) is 26.7 Å². The van der Waals surface area contributed by atoms with Crippen LogP contribution in [0.2, 0.25) is 0 Å². The summed E-state index contributed by atoms with van der Waals surface area (Å²) >= 11 is 0. The normalized spacial score (nSPS) is 26.5. The molecule has 0 amide bonds. The molecule has 0 aliphatic heterocycles. The van der Waals surface area contributed by atoms with Gasteiger partial charge in [-0.25, -0.2) is 0 Å². The van der Waals surface area contributed by atoms with Crippen molar-refractivity contribution in [1.29, 1.82) is 0 Å². The summed E-state index contributed by atoms with van der Waals surface area (Å²) in [5.41, 5.74) is 0.453. The molecule has 1 saturated carbocycles. The molecule has 0 aromatic carbocycles. The molecule has 0 spiro atoms. The molecule has 17 heavy (non-hydrogen) atoms. The molecule has 0 heterocycles. The lowest BCUT2D eigenvalue weighted by Gasteiger charge is -2.41. The van der Waals surface area contributed by atoms with Gasteiger partial charge in [0.15, 0.2) is 0 Å². The summed E-state index contributed by atoms with van der Waals surface area (Å²) in [6.07, 6.45) is 5.62. The molecule has 0 bridgehead atoms. The minimum absolute atomic E-state index is 0.453. The van der Waals surface area contributed by atoms with Crippen molar-refractivity contribution in [3.63, 3.8) is 0 Å². The maximum Gasteiger partial charge on any atom is 0.0104 e. The fourth-order valence-electron chi connectivity index (χ4n) is 3.01. The molecule has 0 aromatic heterocycles. The second-order valence-electron chi connectivity index (χ2n) is 6.71. The molecular formula is C15H32N2. The average Bonchev–Trinajstić information content (AvgIpc) is 2.28. The summed E-state index contributed by atoms with van der Waals surface area (Å²) in [5.74, 6) is 0.850. The van der Waals surface area contributed by atoms with Crippen LogP contribution in [0.25, 0.3) is 0 Å². The van der Waals surface area contributed by atoms with Crippen LogP contribution in [-0.2, 0) is 0 Å². The van der Waals surface area contributed by atoms with Crippen molar-refractivity contribution >= 4 is 0 Å². The first kappa shape index (κ1) is 15.0. The van der Waals surface area contributed by atoms with Crippen LogP contribution in [0, 0.1) is 11.3 Å². The highest BCUT2D eigenvalue weighted by molar-refractivity contribution is 4.88. The average molecular weight is 240 g/mol. The van der Waals surface area contributed by atoms with Gasteiger partial charge in [0.1, 0.15) is 0 Å². The predicted octanol–water partition coefficient (Wildman–Crippen LogP) is 3.13. The second kappa shape index (κ2) is 6.75. The summed E-state index contributed by atoms with van der Waals surface area (Å²) in [7, 11) is 2.20. The minimum atomic E-state index is 0.453. The van der Waals surface area contributed by atoms with Crippen molar-refractivity contribution in [2.45, 2.75) is 59.4 Å². The Morgan fingerprint density at radius 1 is 1.18 bits per heavy atom. The van der Waals surface area contributed by atoms with E-state index in [-0.39, 0.29) is 0 Å². The number of likely N-dealkylation sites (N-methyl/N-ethyl adjacent to an activating group) is 1. The zero-order valence-electron chi connectivity index (χ0n) is 12.6. The van der Waals surface area contributed by atoms with Gasteiger partial charge in [0.05, 0.1) is 0 Å². The second-order valence-corrected chi connectivity index (χ2v) is 6.71. The van der Waals surface area contributed by atoms with Crippen LogP contribution in [0.3, 0.4) is 0 Å². The summed E-state index contributed by atoms with van der Waals surface area (Å²) in [5, 5.41) is 3.80. The molecule has 0 saturated heterocycles. The van der Waals surface area contributed by atoms with Crippen LogP contribution in [0.5, 0.6) is 0 Å². The van der Waals surface area contributed by atoms with Gasteiger partial charge in [0.25, 0.3) is 0 Å². The standard InChI is InChI=1S/C15H32N2/c1-6-17(5)12-11-16-14-10-8-7-9-13(14)15(2,3)4/h13-14,16H,6-12H2,1-5H3. The van der Waals surface area contributed by atoms with Gasteiger partial charge in [0.2, 0.25) is 0 Å². The Hall–Kier alpha value is -0.0800. The zero-order valence-corrected chi connectivity index (χ0v) is 12.6. The van der Waals surface area contributed by atoms with Crippen LogP contribution in [0.1, 0.15) is 53.4 Å². The van der Waals surface area contributed by atoms with Crippen molar-refractivity contribution in [1.82, 2.24) is 10.2 Å². The number of hydrogen-bond donors (Lipinski definition) is 1. The van der Waals surface area contributed by atoms with E-state index in [4.69, 9.17) is 0 Å². The summed E-state index contributed by atoms with van der Waals surface area (Å²) in [6.45, 7) is 12.9. The van der Waals surface area contributed by atoms with E-state index < -0.39 is 0 Å². The van der Waals surface area contributed by atoms with Crippen LogP contribution in [-0.4, -0.2) is 37.6 Å². The Morgan fingerprint density at radius 3 is 2.41 bits per heavy atom. The molecule has 2 unspecified atom stereocenters. The molecule has 0 radical (unpaired) electrons. The third kappa shape index (κ3) is 4.97. The number of nitrogens with one attached hydrogen (secondary N) is 1. The van der Waals surface area contributed by atoms with Gasteiger partial charge in [0, 0.05) is 19.1 Å². The van der Waals surface area contributed by atoms with E-state index in [9.17, 15) is 0 Å². The van der Waals surface area contributed by atoms with Gasteiger partial charge in [-0.3, -0.25) is 0 Å². The molecule has 1 aliphatic rings. The molecule has 1 N–H and O–H groups in total. The van der Waals surface area contributed by atoms with E-state index in [0.29, 0.717) is 5.41 Å². The summed E-state index contributed by atoms with van der Waals surface area (Å²) in [4.78, 5) is 2.38. The fraction of sp³-hybridized carbons (Fsp3) is 1.00. The molecule has 2 heteroatoms. The molecular weight excluding hydrogens is 208 g/mol. The molecule has 1 fully saturated rings. The largest absolute Gasteiger partial charge is 0.312 e. The van der Waals surface area contributed by atoms with E-state index in [1.54, 1.807) is 0 Å². The molecule has 102 valence electrons. The van der Waals surface area contributed by atoms with Crippen LogP contribution >= 0.6 is 0 Å². The molecule has 1 aliphatic carbocycles. The number of rotatable bonds is 5. The quantitative estimate of drug-likeness (QED) is 0.794. The molecule has 1 rings (SSSR count). The van der Waals surface area contributed by atoms with Gasteiger partial charge in [-0.1, -0.05) is 40.5 Å². The Morgan fingerprint density at radius 2 is 1.82 bits per heavy atom.